The van der Waals surface area contributed by atoms with E-state index in [1.165, 1.54) is 12.0 Å². The summed E-state index contributed by atoms with van der Waals surface area (Å²) in [6.45, 7) is 2.47. The normalized spacial score (nSPS) is 15.8. The van der Waals surface area contributed by atoms with Crippen LogP contribution in [0.2, 0.25) is 5.02 Å². The molecule has 6 heteroatoms. The van der Waals surface area contributed by atoms with Crippen molar-refractivity contribution in [3.8, 4) is 0 Å². The zero-order valence-corrected chi connectivity index (χ0v) is 14.6. The standard InChI is InChI=1S/C18H22ClN3O2/c1-13-21-17(24-22-13)5-2-4-16(23)20-12-18(10-3-11-18)14-6-8-15(19)9-7-14/h6-9H,2-5,10-12H2,1H3,(H,20,23). The predicted octanol–water partition coefficient (Wildman–Crippen LogP) is 3.59. The maximum Gasteiger partial charge on any atom is 0.226 e. The average Bonchev–Trinajstić information content (AvgIpc) is 2.93. The van der Waals surface area contributed by atoms with Crippen molar-refractivity contribution < 1.29 is 9.32 Å². The Morgan fingerprint density at radius 1 is 1.33 bits per heavy atom. The van der Waals surface area contributed by atoms with Crippen LogP contribution in [0.15, 0.2) is 28.8 Å². The number of aryl methyl sites for hydroxylation is 2. The molecule has 1 amide bonds. The zero-order chi connectivity index (χ0) is 17.0. The second-order valence-electron chi connectivity index (χ2n) is 6.51. The Kier molecular flexibility index (Phi) is 5.19. The van der Waals surface area contributed by atoms with Gasteiger partial charge >= 0.3 is 0 Å². The molecule has 0 bridgehead atoms. The second kappa shape index (κ2) is 7.34. The topological polar surface area (TPSA) is 68.0 Å². The van der Waals surface area contributed by atoms with Gasteiger partial charge in [0.15, 0.2) is 5.82 Å². The lowest BCUT2D eigenvalue weighted by Crippen LogP contribution is -2.45. The number of hydrogen-bond donors (Lipinski definition) is 1. The summed E-state index contributed by atoms with van der Waals surface area (Å²) in [4.78, 5) is 16.3. The van der Waals surface area contributed by atoms with Gasteiger partial charge in [0.2, 0.25) is 11.8 Å². The molecule has 0 aliphatic heterocycles. The quantitative estimate of drug-likeness (QED) is 0.831. The number of carbonyl (C=O) groups is 1. The average molecular weight is 348 g/mol. The van der Waals surface area contributed by atoms with Crippen LogP contribution >= 0.6 is 11.6 Å². The van der Waals surface area contributed by atoms with Crippen molar-refractivity contribution >= 4 is 17.5 Å². The minimum Gasteiger partial charge on any atom is -0.355 e. The molecular weight excluding hydrogens is 326 g/mol. The first-order valence-electron chi connectivity index (χ1n) is 8.39. The highest BCUT2D eigenvalue weighted by Crippen LogP contribution is 2.43. The number of halogens is 1. The lowest BCUT2D eigenvalue weighted by molar-refractivity contribution is -0.121. The van der Waals surface area contributed by atoms with Crippen molar-refractivity contribution in [1.29, 1.82) is 0 Å². The SMILES string of the molecule is Cc1noc(CCCC(=O)NCC2(c3ccc(Cl)cc3)CCC2)n1. The number of rotatable bonds is 7. The van der Waals surface area contributed by atoms with E-state index in [2.05, 4.69) is 27.6 Å². The lowest BCUT2D eigenvalue weighted by Gasteiger charge is -2.42. The summed E-state index contributed by atoms with van der Waals surface area (Å²) in [6.07, 6.45) is 5.23. The number of nitrogens with one attached hydrogen (secondary N) is 1. The number of hydrogen-bond acceptors (Lipinski definition) is 4. The number of carbonyl (C=O) groups excluding carboxylic acids is 1. The van der Waals surface area contributed by atoms with Gasteiger partial charge in [0, 0.05) is 29.8 Å². The fraction of sp³-hybridized carbons (Fsp3) is 0.500. The van der Waals surface area contributed by atoms with Crippen LogP contribution in [-0.4, -0.2) is 22.6 Å². The summed E-state index contributed by atoms with van der Waals surface area (Å²) < 4.78 is 5.05. The van der Waals surface area contributed by atoms with Gasteiger partial charge in [-0.25, -0.2) is 0 Å². The fourth-order valence-electron chi connectivity index (χ4n) is 3.17. The zero-order valence-electron chi connectivity index (χ0n) is 13.8. The van der Waals surface area contributed by atoms with Crippen LogP contribution in [0.3, 0.4) is 0 Å². The molecule has 24 heavy (non-hydrogen) atoms. The van der Waals surface area contributed by atoms with Crippen LogP contribution < -0.4 is 5.32 Å². The van der Waals surface area contributed by atoms with Gasteiger partial charge in [0.1, 0.15) is 0 Å². The van der Waals surface area contributed by atoms with Crippen LogP contribution in [0, 0.1) is 6.92 Å². The summed E-state index contributed by atoms with van der Waals surface area (Å²) in [5, 5.41) is 7.58. The molecule has 2 aromatic rings. The Bertz CT molecular complexity index is 693. The van der Waals surface area contributed by atoms with Gasteiger partial charge < -0.3 is 9.84 Å². The molecule has 128 valence electrons. The van der Waals surface area contributed by atoms with E-state index in [0.717, 1.165) is 17.9 Å². The van der Waals surface area contributed by atoms with E-state index >= 15 is 0 Å². The summed E-state index contributed by atoms with van der Waals surface area (Å²) in [7, 11) is 0. The van der Waals surface area contributed by atoms with E-state index in [-0.39, 0.29) is 11.3 Å². The minimum atomic E-state index is 0.0733. The van der Waals surface area contributed by atoms with Crippen LogP contribution in [0.5, 0.6) is 0 Å². The van der Waals surface area contributed by atoms with Crippen molar-refractivity contribution in [3.05, 3.63) is 46.6 Å². The molecule has 3 rings (SSSR count). The summed E-state index contributed by atoms with van der Waals surface area (Å²) >= 11 is 5.97. The number of benzene rings is 1. The first kappa shape index (κ1) is 17.0. The first-order chi connectivity index (χ1) is 11.6. The van der Waals surface area contributed by atoms with Gasteiger partial charge in [-0.1, -0.05) is 35.3 Å². The Morgan fingerprint density at radius 2 is 2.08 bits per heavy atom. The maximum absolute atomic E-state index is 12.1. The highest BCUT2D eigenvalue weighted by Gasteiger charge is 2.38. The van der Waals surface area contributed by atoms with Crippen LogP contribution in [-0.2, 0) is 16.6 Å². The molecule has 1 aliphatic carbocycles. The molecule has 1 heterocycles. The van der Waals surface area contributed by atoms with Gasteiger partial charge in [-0.3, -0.25) is 4.79 Å². The van der Waals surface area contributed by atoms with E-state index in [4.69, 9.17) is 16.1 Å². The predicted molar refractivity (Wildman–Crippen MR) is 92.0 cm³/mol. The van der Waals surface area contributed by atoms with Crippen LogP contribution in [0.25, 0.3) is 0 Å². The summed E-state index contributed by atoms with van der Waals surface area (Å²) in [5.74, 6) is 1.30. The maximum atomic E-state index is 12.1. The molecule has 5 nitrogen and oxygen atoms in total. The van der Waals surface area contributed by atoms with Crippen LogP contribution in [0.1, 0.15) is 49.4 Å². The van der Waals surface area contributed by atoms with E-state index in [1.54, 1.807) is 6.92 Å². The molecule has 0 radical (unpaired) electrons. The van der Waals surface area contributed by atoms with Crippen molar-refractivity contribution in [2.45, 2.75) is 50.9 Å². The third-order valence-corrected chi connectivity index (χ3v) is 5.01. The Labute approximate surface area is 146 Å². The van der Waals surface area contributed by atoms with E-state index in [9.17, 15) is 4.79 Å². The van der Waals surface area contributed by atoms with Gasteiger partial charge in [-0.2, -0.15) is 4.98 Å². The third kappa shape index (κ3) is 3.96. The molecule has 1 N–H and O–H groups in total. The van der Waals surface area contributed by atoms with Gasteiger partial charge in [0.25, 0.3) is 0 Å². The Balaban J connectivity index is 1.46. The van der Waals surface area contributed by atoms with Crippen molar-refractivity contribution in [2.75, 3.05) is 6.54 Å². The number of nitrogens with zero attached hydrogens (tertiary/aromatic N) is 2. The molecule has 1 saturated carbocycles. The highest BCUT2D eigenvalue weighted by atomic mass is 35.5. The molecule has 1 fully saturated rings. The largest absolute Gasteiger partial charge is 0.355 e. The fourth-order valence-corrected chi connectivity index (χ4v) is 3.30. The van der Waals surface area contributed by atoms with Gasteiger partial charge in [-0.05, 0) is 43.9 Å². The summed E-state index contributed by atoms with van der Waals surface area (Å²) in [6, 6.07) is 7.99. The van der Waals surface area contributed by atoms with Gasteiger partial charge in [-0.15, -0.1) is 0 Å². The minimum absolute atomic E-state index is 0.0733. The van der Waals surface area contributed by atoms with E-state index in [0.29, 0.717) is 37.5 Å². The van der Waals surface area contributed by atoms with E-state index < -0.39 is 0 Å². The van der Waals surface area contributed by atoms with Crippen molar-refractivity contribution in [3.63, 3.8) is 0 Å². The lowest BCUT2D eigenvalue weighted by atomic mass is 9.64. The monoisotopic (exact) mass is 347 g/mol. The molecule has 0 atom stereocenters. The number of amides is 1. The molecule has 0 spiro atoms. The number of aromatic nitrogens is 2. The Morgan fingerprint density at radius 3 is 2.67 bits per heavy atom. The summed E-state index contributed by atoms with van der Waals surface area (Å²) in [5.41, 5.74) is 1.34. The highest BCUT2D eigenvalue weighted by molar-refractivity contribution is 6.30. The molecule has 0 unspecified atom stereocenters. The molecule has 1 aromatic carbocycles. The third-order valence-electron chi connectivity index (χ3n) is 4.76. The molecule has 1 aliphatic rings. The van der Waals surface area contributed by atoms with Crippen molar-refractivity contribution in [2.24, 2.45) is 0 Å². The smallest absolute Gasteiger partial charge is 0.226 e. The van der Waals surface area contributed by atoms with Gasteiger partial charge in [0.05, 0.1) is 0 Å². The van der Waals surface area contributed by atoms with Crippen LogP contribution in [0.4, 0.5) is 0 Å². The molecule has 1 aromatic heterocycles. The molecular formula is C18H22ClN3O2. The Hall–Kier alpha value is -1.88. The molecule has 0 saturated heterocycles. The first-order valence-corrected chi connectivity index (χ1v) is 8.77. The van der Waals surface area contributed by atoms with Crippen molar-refractivity contribution in [1.82, 2.24) is 15.5 Å². The second-order valence-corrected chi connectivity index (χ2v) is 6.94. The van der Waals surface area contributed by atoms with E-state index in [1.807, 2.05) is 12.1 Å².